The molecule has 0 spiro atoms. The number of hydrogen-bond donors (Lipinski definition) is 0. The summed E-state index contributed by atoms with van der Waals surface area (Å²) < 4.78 is 0. The smallest absolute Gasteiger partial charge is 0.253 e. The topological polar surface area (TPSA) is 66.4 Å². The van der Waals surface area contributed by atoms with Crippen molar-refractivity contribution >= 4 is 40.9 Å². The molecule has 1 amide bonds. The molecule has 4 rings (SSSR count). The Labute approximate surface area is 241 Å². The predicted octanol–water partition coefficient (Wildman–Crippen LogP) is 6.81. The van der Waals surface area contributed by atoms with Crippen LogP contribution in [0.2, 0.25) is 5.15 Å². The fourth-order valence-electron chi connectivity index (χ4n) is 5.31. The molecule has 1 aliphatic heterocycles. The van der Waals surface area contributed by atoms with Crippen LogP contribution in [0, 0.1) is 0 Å². The summed E-state index contributed by atoms with van der Waals surface area (Å²) in [6, 6.07) is 19.7. The summed E-state index contributed by atoms with van der Waals surface area (Å²) in [5, 5.41) is 0.993. The molecule has 1 fully saturated rings. The number of halogens is 1. The molecule has 0 atom stereocenters. The van der Waals surface area contributed by atoms with Crippen molar-refractivity contribution in [1.82, 2.24) is 14.9 Å². The number of amides is 1. The van der Waals surface area contributed by atoms with Gasteiger partial charge in [-0.15, -0.1) is 0 Å². The first-order valence-electron chi connectivity index (χ1n) is 13.7. The summed E-state index contributed by atoms with van der Waals surface area (Å²) in [6.45, 7) is 8.83. The second kappa shape index (κ2) is 13.4. The maximum Gasteiger partial charge on any atom is 0.253 e. The third-order valence-electron chi connectivity index (χ3n) is 7.42. The first-order chi connectivity index (χ1) is 18.9. The number of aromatic nitrogens is 2. The third kappa shape index (κ3) is 7.00. The van der Waals surface area contributed by atoms with Gasteiger partial charge < -0.3 is 9.80 Å². The number of rotatable bonds is 11. The number of anilines is 1. The van der Waals surface area contributed by atoms with Crippen LogP contribution in [-0.2, 0) is 16.0 Å². The molecule has 2 aromatic carbocycles. The van der Waals surface area contributed by atoms with E-state index in [0.29, 0.717) is 34.7 Å². The van der Waals surface area contributed by atoms with Crippen molar-refractivity contribution in [3.05, 3.63) is 82.5 Å². The molecule has 39 heavy (non-hydrogen) atoms. The van der Waals surface area contributed by atoms with E-state index >= 15 is 0 Å². The summed E-state index contributed by atoms with van der Waals surface area (Å²) in [5.41, 5.74) is 2.38. The van der Waals surface area contributed by atoms with Crippen LogP contribution in [0.25, 0.3) is 0 Å². The third-order valence-corrected chi connectivity index (χ3v) is 8.53. The average Bonchev–Trinajstić information content (AvgIpc) is 2.96. The van der Waals surface area contributed by atoms with Crippen LogP contribution in [0.1, 0.15) is 67.9 Å². The summed E-state index contributed by atoms with van der Waals surface area (Å²) in [7, 11) is 0. The van der Waals surface area contributed by atoms with E-state index in [9.17, 15) is 9.59 Å². The zero-order chi connectivity index (χ0) is 27.8. The minimum Gasteiger partial charge on any atom is -0.356 e. The van der Waals surface area contributed by atoms with Crippen LogP contribution in [-0.4, -0.2) is 52.7 Å². The molecule has 1 aromatic heterocycles. The lowest BCUT2D eigenvalue weighted by Crippen LogP contribution is -2.47. The van der Waals surface area contributed by atoms with Crippen molar-refractivity contribution in [2.75, 3.05) is 31.1 Å². The number of piperidine rings is 1. The minimum atomic E-state index is -0.460. The SMILES string of the molecule is CCCN(CCC)C(=O)c1cccc(CSc2nc(Cl)cc(N3CCC(C(C)=O)(c4ccccc4)CC3)n2)c1. The molecule has 206 valence electrons. The van der Waals surface area contributed by atoms with Gasteiger partial charge in [0.15, 0.2) is 5.16 Å². The van der Waals surface area contributed by atoms with Gasteiger partial charge >= 0.3 is 0 Å². The van der Waals surface area contributed by atoms with Gasteiger partial charge in [0.2, 0.25) is 0 Å². The molecule has 0 bridgehead atoms. The lowest BCUT2D eigenvalue weighted by Gasteiger charge is -2.41. The molecule has 0 saturated carbocycles. The molecule has 0 radical (unpaired) electrons. The zero-order valence-electron chi connectivity index (χ0n) is 23.0. The van der Waals surface area contributed by atoms with Gasteiger partial charge in [-0.1, -0.05) is 79.7 Å². The van der Waals surface area contributed by atoms with E-state index in [-0.39, 0.29) is 11.7 Å². The highest BCUT2D eigenvalue weighted by Gasteiger charge is 2.40. The molecule has 8 heteroatoms. The summed E-state index contributed by atoms with van der Waals surface area (Å²) >= 11 is 7.92. The highest BCUT2D eigenvalue weighted by Crippen LogP contribution is 2.38. The Morgan fingerprint density at radius 3 is 2.31 bits per heavy atom. The van der Waals surface area contributed by atoms with Crippen LogP contribution >= 0.6 is 23.4 Å². The van der Waals surface area contributed by atoms with E-state index < -0.39 is 5.41 Å². The van der Waals surface area contributed by atoms with Gasteiger partial charge in [-0.05, 0) is 55.9 Å². The van der Waals surface area contributed by atoms with E-state index in [1.807, 2.05) is 47.4 Å². The van der Waals surface area contributed by atoms with E-state index in [2.05, 4.69) is 35.9 Å². The highest BCUT2D eigenvalue weighted by molar-refractivity contribution is 7.98. The van der Waals surface area contributed by atoms with Crippen LogP contribution in [0.4, 0.5) is 5.82 Å². The number of hydrogen-bond acceptors (Lipinski definition) is 6. The Balaban J connectivity index is 1.44. The number of carbonyl (C=O) groups excluding carboxylic acids is 2. The Bertz CT molecular complexity index is 1270. The lowest BCUT2D eigenvalue weighted by atomic mass is 9.70. The Kier molecular flexibility index (Phi) is 10.0. The summed E-state index contributed by atoms with van der Waals surface area (Å²) in [5.74, 6) is 1.69. The molecule has 0 N–H and O–H groups in total. The van der Waals surface area contributed by atoms with Crippen LogP contribution in [0.15, 0.2) is 65.8 Å². The van der Waals surface area contributed by atoms with E-state index in [1.165, 1.54) is 11.8 Å². The van der Waals surface area contributed by atoms with Crippen molar-refractivity contribution < 1.29 is 9.59 Å². The van der Waals surface area contributed by atoms with E-state index in [4.69, 9.17) is 16.6 Å². The van der Waals surface area contributed by atoms with Crippen molar-refractivity contribution in [3.8, 4) is 0 Å². The largest absolute Gasteiger partial charge is 0.356 e. The van der Waals surface area contributed by atoms with Crippen molar-refractivity contribution in [2.45, 2.75) is 62.8 Å². The molecule has 0 unspecified atom stereocenters. The number of thioether (sulfide) groups is 1. The second-order valence-electron chi connectivity index (χ2n) is 10.1. The maximum atomic E-state index is 13.0. The predicted molar refractivity (Wildman–Crippen MR) is 160 cm³/mol. The van der Waals surface area contributed by atoms with Crippen LogP contribution in [0.5, 0.6) is 0 Å². The van der Waals surface area contributed by atoms with Crippen LogP contribution < -0.4 is 4.90 Å². The Hall–Kier alpha value is -2.90. The minimum absolute atomic E-state index is 0.0779. The van der Waals surface area contributed by atoms with Gasteiger partial charge in [0.25, 0.3) is 5.91 Å². The number of ketones is 1. The number of carbonyl (C=O) groups is 2. The first-order valence-corrected chi connectivity index (χ1v) is 15.1. The molecule has 6 nitrogen and oxygen atoms in total. The molecular formula is C31H37ClN4O2S. The average molecular weight is 565 g/mol. The fraction of sp³-hybridized carbons (Fsp3) is 0.419. The van der Waals surface area contributed by atoms with E-state index in [0.717, 1.165) is 55.7 Å². The fourth-order valence-corrected chi connectivity index (χ4v) is 6.33. The zero-order valence-corrected chi connectivity index (χ0v) is 24.6. The van der Waals surface area contributed by atoms with Gasteiger partial charge in [0, 0.05) is 43.6 Å². The summed E-state index contributed by atoms with van der Waals surface area (Å²) in [4.78, 5) is 39.2. The maximum absolute atomic E-state index is 13.0. The van der Waals surface area contributed by atoms with Crippen molar-refractivity contribution in [1.29, 1.82) is 0 Å². The lowest BCUT2D eigenvalue weighted by molar-refractivity contribution is -0.123. The molecule has 3 aromatic rings. The Morgan fingerprint density at radius 1 is 0.974 bits per heavy atom. The van der Waals surface area contributed by atoms with Gasteiger partial charge in [-0.25, -0.2) is 9.97 Å². The van der Waals surface area contributed by atoms with Gasteiger partial charge in [-0.2, -0.15) is 0 Å². The Morgan fingerprint density at radius 2 is 1.67 bits per heavy atom. The number of nitrogens with zero attached hydrogens (tertiary/aromatic N) is 4. The molecule has 1 saturated heterocycles. The normalized spacial score (nSPS) is 14.7. The quantitative estimate of drug-likeness (QED) is 0.145. The number of Topliss-reactive ketones (excluding diaryl/α,β-unsaturated/α-hetero) is 1. The standard InChI is InChI=1S/C31H37ClN4O2S/c1-4-16-36(17-5-2)29(38)25-11-9-10-24(20-25)22-39-30-33-27(32)21-28(34-30)35-18-14-31(15-19-35,23(3)37)26-12-7-6-8-13-26/h6-13,20-21H,4-5,14-19,22H2,1-3H3. The van der Waals surface area contributed by atoms with Crippen LogP contribution in [0.3, 0.4) is 0 Å². The van der Waals surface area contributed by atoms with Gasteiger partial charge in [-0.3, -0.25) is 9.59 Å². The van der Waals surface area contributed by atoms with Crippen molar-refractivity contribution in [2.24, 2.45) is 0 Å². The summed E-state index contributed by atoms with van der Waals surface area (Å²) in [6.07, 6.45) is 3.33. The van der Waals surface area contributed by atoms with Gasteiger partial charge in [0.1, 0.15) is 16.8 Å². The van der Waals surface area contributed by atoms with E-state index in [1.54, 1.807) is 13.0 Å². The second-order valence-corrected chi connectivity index (χ2v) is 11.4. The monoisotopic (exact) mass is 564 g/mol. The van der Waals surface area contributed by atoms with Crippen molar-refractivity contribution in [3.63, 3.8) is 0 Å². The first kappa shape index (κ1) is 29.1. The number of benzene rings is 2. The van der Waals surface area contributed by atoms with Gasteiger partial charge in [0.05, 0.1) is 5.41 Å². The molecule has 2 heterocycles. The molecule has 1 aliphatic rings. The molecule has 0 aliphatic carbocycles. The molecular weight excluding hydrogens is 528 g/mol. The highest BCUT2D eigenvalue weighted by atomic mass is 35.5.